The summed E-state index contributed by atoms with van der Waals surface area (Å²) >= 11 is 0. The van der Waals surface area contributed by atoms with Gasteiger partial charge in [-0.1, -0.05) is 34.0 Å². The maximum atomic E-state index is 12.5. The van der Waals surface area contributed by atoms with Gasteiger partial charge in [0.05, 0.1) is 42.3 Å². The fourth-order valence-corrected chi connectivity index (χ4v) is 7.59. The summed E-state index contributed by atoms with van der Waals surface area (Å²) in [6.45, 7) is 0. The summed E-state index contributed by atoms with van der Waals surface area (Å²) in [6.07, 6.45) is 2.18. The first-order chi connectivity index (χ1) is 30.0. The van der Waals surface area contributed by atoms with E-state index in [1.165, 1.54) is 72.8 Å². The fraction of sp³-hybridized carbons (Fsp3) is 0. The van der Waals surface area contributed by atoms with E-state index in [0.717, 1.165) is 72.8 Å². The van der Waals surface area contributed by atoms with Crippen LogP contribution in [-0.4, -0.2) is 61.6 Å². The van der Waals surface area contributed by atoms with Crippen LogP contribution in [0.15, 0.2) is 184 Å². The second-order valence-electron chi connectivity index (χ2n) is 12.8. The molecule has 30 heteroatoms. The molecule has 6 rings (SSSR count). The summed E-state index contributed by atoms with van der Waals surface area (Å²) in [7, 11) is -19.7. The molecule has 328 valence electrons. The minimum absolute atomic E-state index is 0. The maximum absolute atomic E-state index is 12.5. The standard InChI is InChI=1S/C38H28N8O14S4.4Na/c47-45(43-29-11-19-35(20-12-29)61(49,50)51)33-15-7-27(8-16-33)39-41-31-5-3-25(37(23-31)63(55,56)57)1-2-26-4-6-32(24-38(26)64(58,59)60)42-40-28-9-17-34(18-10-28)46(48)44-30-13-21-36(22-14-30)62(52,53)54;;;;/h1-24H,(H,49,50,51)(H,52,53,54)(H,55,56,57)(H,58,59,60);;;;/q;4*+1/p-4. The Hall–Kier alpha value is -3.30. The third kappa shape index (κ3) is 17.2. The van der Waals surface area contributed by atoms with Gasteiger partial charge < -0.3 is 28.6 Å². The van der Waals surface area contributed by atoms with Gasteiger partial charge in [-0.25, -0.2) is 33.7 Å². The molecular weight excluding hydrogens is 1010 g/mol. The van der Waals surface area contributed by atoms with Crippen LogP contribution in [0.1, 0.15) is 11.1 Å². The van der Waals surface area contributed by atoms with Crippen molar-refractivity contribution in [2.75, 3.05) is 0 Å². The van der Waals surface area contributed by atoms with Gasteiger partial charge >= 0.3 is 118 Å². The first kappa shape index (κ1) is 60.8. The Bertz CT molecular complexity index is 3160. The normalized spacial score (nSPS) is 12.5. The van der Waals surface area contributed by atoms with Crippen molar-refractivity contribution in [3.63, 3.8) is 0 Å². The maximum Gasteiger partial charge on any atom is 1.00 e. The Morgan fingerprint density at radius 3 is 0.897 bits per heavy atom. The van der Waals surface area contributed by atoms with Crippen molar-refractivity contribution >= 4 is 98.1 Å². The van der Waals surface area contributed by atoms with Crippen LogP contribution < -0.4 is 118 Å². The largest absolute Gasteiger partial charge is 1.00 e. The molecule has 0 heterocycles. The second-order valence-corrected chi connectivity index (χ2v) is 18.2. The van der Waals surface area contributed by atoms with Crippen molar-refractivity contribution in [1.82, 2.24) is 0 Å². The van der Waals surface area contributed by atoms with E-state index in [1.807, 2.05) is 0 Å². The monoisotopic (exact) mass is 1040 g/mol. The zero-order valence-corrected chi connectivity index (χ0v) is 47.0. The van der Waals surface area contributed by atoms with E-state index in [0.29, 0.717) is 0 Å². The van der Waals surface area contributed by atoms with Crippen molar-refractivity contribution < 1.29 is 180 Å². The summed E-state index contributed by atoms with van der Waals surface area (Å²) in [5.41, 5.74) is -0.00772. The summed E-state index contributed by atoms with van der Waals surface area (Å²) in [4.78, 5) is -2.06. The van der Waals surface area contributed by atoms with Gasteiger partial charge in [0.1, 0.15) is 51.8 Å². The third-order valence-corrected chi connectivity index (χ3v) is 11.8. The Balaban J connectivity index is 0.00000397. The van der Waals surface area contributed by atoms with Crippen LogP contribution in [0.3, 0.4) is 0 Å². The van der Waals surface area contributed by atoms with Crippen molar-refractivity contribution in [2.45, 2.75) is 19.6 Å². The van der Waals surface area contributed by atoms with E-state index in [4.69, 9.17) is 0 Å². The van der Waals surface area contributed by atoms with E-state index in [-0.39, 0.29) is 185 Å². The Labute approximate surface area is 477 Å². The molecule has 0 atom stereocenters. The average Bonchev–Trinajstić information content (AvgIpc) is 3.24. The molecule has 0 aliphatic heterocycles. The molecule has 22 nitrogen and oxygen atoms in total. The summed E-state index contributed by atoms with van der Waals surface area (Å²) in [6, 6.07) is 26.2. The van der Waals surface area contributed by atoms with Crippen LogP contribution in [0.25, 0.3) is 12.2 Å². The first-order valence-corrected chi connectivity index (χ1v) is 23.1. The number of nitrogens with zero attached hydrogens (tertiary/aromatic N) is 8. The molecule has 0 spiro atoms. The van der Waals surface area contributed by atoms with Crippen molar-refractivity contribution in [2.24, 2.45) is 30.7 Å². The molecule has 0 bridgehead atoms. The molecule has 0 unspecified atom stereocenters. The topological polar surface area (TPSA) is 355 Å². The first-order valence-electron chi connectivity index (χ1n) is 17.4. The Kier molecular flexibility index (Phi) is 23.0. The van der Waals surface area contributed by atoms with Crippen molar-refractivity contribution in [1.29, 1.82) is 0 Å². The SMILES string of the molecule is O=S(=O)([O-])c1ccc(N=[N+]([O-])c2ccc(N=Nc3ccc(C=Cc4ccc(N=Nc5ccc([N+]([O-])=Nc6ccc(S(=O)(=O)[O-])cc6)cc5)cc4S(=O)(=O)[O-])c(S(=O)(=O)[O-])c3)cc2)cc1.[Na+].[Na+].[Na+].[Na+]. The van der Waals surface area contributed by atoms with E-state index in [2.05, 4.69) is 30.7 Å². The summed E-state index contributed by atoms with van der Waals surface area (Å²) in [5.74, 6) is 0. The molecule has 0 saturated carbocycles. The van der Waals surface area contributed by atoms with Gasteiger partial charge in [-0.15, -0.1) is 0 Å². The zero-order chi connectivity index (χ0) is 46.5. The van der Waals surface area contributed by atoms with Crippen LogP contribution in [0.2, 0.25) is 0 Å². The smallest absolute Gasteiger partial charge is 0.744 e. The molecule has 0 aliphatic rings. The molecule has 0 fully saturated rings. The molecule has 0 aromatic heterocycles. The molecule has 0 radical (unpaired) electrons. The molecule has 6 aromatic rings. The second kappa shape index (κ2) is 25.7. The van der Waals surface area contributed by atoms with Crippen LogP contribution in [0.4, 0.5) is 45.5 Å². The van der Waals surface area contributed by atoms with Gasteiger partial charge in [0.2, 0.25) is 11.4 Å². The Morgan fingerprint density at radius 2 is 0.618 bits per heavy atom. The number of azo groups is 4. The number of hydrogen-bond donors (Lipinski definition) is 0. The fourth-order valence-electron chi connectivity index (χ4n) is 5.27. The Morgan fingerprint density at radius 1 is 0.353 bits per heavy atom. The van der Waals surface area contributed by atoms with E-state index < -0.39 is 60.1 Å². The predicted octanol–water partition coefficient (Wildman–Crippen LogP) is -3.83. The zero-order valence-electron chi connectivity index (χ0n) is 35.8. The van der Waals surface area contributed by atoms with E-state index in [9.17, 15) is 62.3 Å². The van der Waals surface area contributed by atoms with Crippen LogP contribution in [-0.2, 0) is 40.5 Å². The van der Waals surface area contributed by atoms with E-state index in [1.54, 1.807) is 0 Å². The molecule has 0 amide bonds. The van der Waals surface area contributed by atoms with Gasteiger partial charge in [-0.3, -0.25) is 0 Å². The minimum Gasteiger partial charge on any atom is -0.744 e. The molecule has 0 saturated heterocycles. The molecule has 0 N–H and O–H groups in total. The number of rotatable bonds is 14. The van der Waals surface area contributed by atoms with Gasteiger partial charge in [0.15, 0.2) is 0 Å². The van der Waals surface area contributed by atoms with Crippen molar-refractivity contribution in [3.8, 4) is 0 Å². The molecule has 6 aromatic carbocycles. The van der Waals surface area contributed by atoms with Gasteiger partial charge in [-0.2, -0.15) is 20.5 Å². The third-order valence-electron chi connectivity index (χ3n) is 8.34. The van der Waals surface area contributed by atoms with E-state index >= 15 is 0 Å². The van der Waals surface area contributed by atoms with Crippen LogP contribution >= 0.6 is 0 Å². The molecular formula is C38H24N8Na4O14S4. The van der Waals surface area contributed by atoms with Gasteiger partial charge in [0, 0.05) is 34.5 Å². The molecule has 68 heavy (non-hydrogen) atoms. The summed E-state index contributed by atoms with van der Waals surface area (Å²) < 4.78 is 140. The van der Waals surface area contributed by atoms with Crippen molar-refractivity contribution in [3.05, 3.63) is 155 Å². The number of hydrogen-bond acceptors (Lipinski definition) is 20. The minimum atomic E-state index is -5.16. The van der Waals surface area contributed by atoms with Crippen LogP contribution in [0, 0.1) is 10.4 Å². The number of benzene rings is 6. The quantitative estimate of drug-likeness (QED) is 0.0252. The van der Waals surface area contributed by atoms with Gasteiger partial charge in [-0.05, 0) is 108 Å². The average molecular weight is 1040 g/mol. The molecule has 0 aliphatic carbocycles. The van der Waals surface area contributed by atoms with Gasteiger partial charge in [0.25, 0.3) is 0 Å². The van der Waals surface area contributed by atoms with Crippen LogP contribution in [0.5, 0.6) is 0 Å². The summed E-state index contributed by atoms with van der Waals surface area (Å²) in [5, 5.41) is 48.3. The predicted molar refractivity (Wildman–Crippen MR) is 219 cm³/mol.